The Labute approximate surface area is 115 Å². The Kier molecular flexibility index (Phi) is 5.28. The summed E-state index contributed by atoms with van der Waals surface area (Å²) < 4.78 is 4.83. The summed E-state index contributed by atoms with van der Waals surface area (Å²) in [6, 6.07) is 0. The number of allylic oxidation sites excluding steroid dienone is 5. The first kappa shape index (κ1) is 15.4. The first-order valence-corrected chi connectivity index (χ1v) is 6.55. The minimum absolute atomic E-state index is 0.00698. The van der Waals surface area contributed by atoms with Crippen LogP contribution in [0.3, 0.4) is 0 Å². The zero-order valence-electron chi connectivity index (χ0n) is 12.1. The SMILES string of the molecule is C/C=C/C=C\C(C)CC1=CC(=O)CC1(C)C(=O)OC. The molecule has 0 amide bonds. The smallest absolute Gasteiger partial charge is 0.316 e. The molecule has 1 aliphatic rings. The van der Waals surface area contributed by atoms with E-state index in [0.717, 1.165) is 5.57 Å². The van der Waals surface area contributed by atoms with Crippen molar-refractivity contribution < 1.29 is 14.3 Å². The molecule has 3 heteroatoms. The van der Waals surface area contributed by atoms with Crippen LogP contribution in [0.25, 0.3) is 0 Å². The Bertz CT molecular complexity index is 443. The van der Waals surface area contributed by atoms with E-state index in [0.29, 0.717) is 6.42 Å². The molecule has 0 fully saturated rings. The largest absolute Gasteiger partial charge is 0.468 e. The van der Waals surface area contributed by atoms with Gasteiger partial charge in [-0.25, -0.2) is 0 Å². The predicted molar refractivity (Wildman–Crippen MR) is 75.6 cm³/mol. The summed E-state index contributed by atoms with van der Waals surface area (Å²) in [5, 5.41) is 0. The van der Waals surface area contributed by atoms with Crippen molar-refractivity contribution in [3.8, 4) is 0 Å². The normalized spacial score (nSPS) is 25.1. The van der Waals surface area contributed by atoms with Gasteiger partial charge in [0, 0.05) is 6.42 Å². The molecule has 0 aromatic carbocycles. The third-order valence-electron chi connectivity index (χ3n) is 3.49. The lowest BCUT2D eigenvalue weighted by molar-refractivity contribution is -0.150. The zero-order valence-corrected chi connectivity index (χ0v) is 12.1. The number of esters is 1. The highest BCUT2D eigenvalue weighted by Crippen LogP contribution is 2.41. The second-order valence-electron chi connectivity index (χ2n) is 5.23. The van der Waals surface area contributed by atoms with Crippen LogP contribution in [-0.4, -0.2) is 18.9 Å². The number of hydrogen-bond acceptors (Lipinski definition) is 3. The summed E-state index contributed by atoms with van der Waals surface area (Å²) in [5.41, 5.74) is 0.0936. The second kappa shape index (κ2) is 6.50. The van der Waals surface area contributed by atoms with Crippen molar-refractivity contribution in [2.45, 2.75) is 33.6 Å². The third-order valence-corrected chi connectivity index (χ3v) is 3.49. The molecule has 0 aliphatic heterocycles. The first-order chi connectivity index (χ1) is 8.93. The van der Waals surface area contributed by atoms with Crippen LogP contribution in [0.2, 0.25) is 0 Å². The van der Waals surface area contributed by atoms with Gasteiger partial charge >= 0.3 is 5.97 Å². The molecular weight excluding hydrogens is 240 g/mol. The van der Waals surface area contributed by atoms with Gasteiger partial charge in [0.25, 0.3) is 0 Å². The van der Waals surface area contributed by atoms with E-state index in [1.165, 1.54) is 7.11 Å². The molecule has 0 saturated carbocycles. The van der Waals surface area contributed by atoms with Gasteiger partial charge in [0.05, 0.1) is 12.5 Å². The van der Waals surface area contributed by atoms with Crippen LogP contribution in [0.5, 0.6) is 0 Å². The van der Waals surface area contributed by atoms with Gasteiger partial charge < -0.3 is 4.74 Å². The number of rotatable bonds is 5. The average Bonchev–Trinajstić information content (AvgIpc) is 2.64. The molecule has 1 aliphatic carbocycles. The predicted octanol–water partition coefficient (Wildman–Crippen LogP) is 3.22. The van der Waals surface area contributed by atoms with Crippen molar-refractivity contribution in [2.24, 2.45) is 11.3 Å². The summed E-state index contributed by atoms with van der Waals surface area (Å²) in [6.45, 7) is 5.82. The van der Waals surface area contributed by atoms with Crippen molar-refractivity contribution in [1.82, 2.24) is 0 Å². The fourth-order valence-corrected chi connectivity index (χ4v) is 2.36. The highest BCUT2D eigenvalue weighted by molar-refractivity contribution is 6.00. The Hall–Kier alpha value is -1.64. The number of methoxy groups -OCH3 is 1. The molecule has 0 heterocycles. The van der Waals surface area contributed by atoms with Crippen molar-refractivity contribution in [2.75, 3.05) is 7.11 Å². The molecule has 3 nitrogen and oxygen atoms in total. The fourth-order valence-electron chi connectivity index (χ4n) is 2.36. The lowest BCUT2D eigenvalue weighted by Gasteiger charge is -2.25. The van der Waals surface area contributed by atoms with Crippen molar-refractivity contribution >= 4 is 11.8 Å². The molecule has 1 rings (SSSR count). The molecule has 0 radical (unpaired) electrons. The van der Waals surface area contributed by atoms with Gasteiger partial charge in [0.1, 0.15) is 0 Å². The van der Waals surface area contributed by atoms with E-state index in [-0.39, 0.29) is 24.1 Å². The molecule has 0 aromatic heterocycles. The van der Waals surface area contributed by atoms with E-state index in [1.54, 1.807) is 13.0 Å². The Morgan fingerprint density at radius 2 is 2.21 bits per heavy atom. The van der Waals surface area contributed by atoms with Crippen molar-refractivity contribution in [3.05, 3.63) is 36.0 Å². The van der Waals surface area contributed by atoms with Gasteiger partial charge in [-0.3, -0.25) is 9.59 Å². The highest BCUT2D eigenvalue weighted by Gasteiger charge is 2.44. The molecule has 0 N–H and O–H groups in total. The van der Waals surface area contributed by atoms with Crippen molar-refractivity contribution in [3.63, 3.8) is 0 Å². The maximum atomic E-state index is 11.9. The van der Waals surface area contributed by atoms with Crippen LogP contribution in [0.4, 0.5) is 0 Å². The van der Waals surface area contributed by atoms with E-state index < -0.39 is 5.41 Å². The molecule has 0 spiro atoms. The first-order valence-electron chi connectivity index (χ1n) is 6.55. The standard InChI is InChI=1S/C16H22O3/c1-5-6-7-8-12(2)9-13-10-14(17)11-16(13,3)15(18)19-4/h5-8,10,12H,9,11H2,1-4H3/b6-5+,8-7-. The molecule has 0 bridgehead atoms. The summed E-state index contributed by atoms with van der Waals surface area (Å²) in [5.74, 6) is -0.0425. The Morgan fingerprint density at radius 1 is 1.53 bits per heavy atom. The number of ketones is 1. The van der Waals surface area contributed by atoms with Crippen LogP contribution >= 0.6 is 0 Å². The molecule has 19 heavy (non-hydrogen) atoms. The van der Waals surface area contributed by atoms with Crippen LogP contribution < -0.4 is 0 Å². The maximum Gasteiger partial charge on any atom is 0.316 e. The number of ether oxygens (including phenoxy) is 1. The van der Waals surface area contributed by atoms with Gasteiger partial charge in [-0.2, -0.15) is 0 Å². The molecule has 2 atom stereocenters. The molecule has 0 aromatic rings. The van der Waals surface area contributed by atoms with E-state index in [4.69, 9.17) is 4.74 Å². The number of carbonyl (C=O) groups excluding carboxylic acids is 2. The van der Waals surface area contributed by atoms with Gasteiger partial charge in [-0.15, -0.1) is 0 Å². The van der Waals surface area contributed by atoms with E-state index in [2.05, 4.69) is 13.0 Å². The van der Waals surface area contributed by atoms with Crippen LogP contribution in [0.15, 0.2) is 36.0 Å². The van der Waals surface area contributed by atoms with Crippen LogP contribution in [0.1, 0.15) is 33.6 Å². The molecule has 2 unspecified atom stereocenters. The lowest BCUT2D eigenvalue weighted by Crippen LogP contribution is -2.30. The van der Waals surface area contributed by atoms with E-state index in [9.17, 15) is 9.59 Å². The summed E-state index contributed by atoms with van der Waals surface area (Å²) in [4.78, 5) is 23.5. The number of carbonyl (C=O) groups is 2. The van der Waals surface area contributed by atoms with Crippen molar-refractivity contribution in [1.29, 1.82) is 0 Å². The number of hydrogen-bond donors (Lipinski definition) is 0. The van der Waals surface area contributed by atoms with E-state index >= 15 is 0 Å². The Balaban J connectivity index is 2.82. The van der Waals surface area contributed by atoms with Gasteiger partial charge in [-0.1, -0.05) is 31.2 Å². The van der Waals surface area contributed by atoms with Gasteiger partial charge in [-0.05, 0) is 37.8 Å². The molecular formula is C16H22O3. The summed E-state index contributed by atoms with van der Waals surface area (Å²) in [7, 11) is 1.36. The van der Waals surface area contributed by atoms with Crippen LogP contribution in [0, 0.1) is 11.3 Å². The van der Waals surface area contributed by atoms with E-state index in [1.807, 2.05) is 25.2 Å². The second-order valence-corrected chi connectivity index (χ2v) is 5.23. The summed E-state index contributed by atoms with van der Waals surface area (Å²) in [6.07, 6.45) is 10.5. The highest BCUT2D eigenvalue weighted by atomic mass is 16.5. The minimum Gasteiger partial charge on any atom is -0.468 e. The topological polar surface area (TPSA) is 43.4 Å². The average molecular weight is 262 g/mol. The van der Waals surface area contributed by atoms with Crippen LogP contribution in [-0.2, 0) is 14.3 Å². The lowest BCUT2D eigenvalue weighted by atomic mass is 9.79. The minimum atomic E-state index is -0.783. The van der Waals surface area contributed by atoms with Gasteiger partial charge in [0.2, 0.25) is 0 Å². The fraction of sp³-hybridized carbons (Fsp3) is 0.500. The monoisotopic (exact) mass is 262 g/mol. The molecule has 104 valence electrons. The maximum absolute atomic E-state index is 11.9. The third kappa shape index (κ3) is 3.66. The van der Waals surface area contributed by atoms with Gasteiger partial charge in [0.15, 0.2) is 5.78 Å². The Morgan fingerprint density at radius 3 is 2.79 bits per heavy atom. The zero-order chi connectivity index (χ0) is 14.5. The quantitative estimate of drug-likeness (QED) is 0.564. The summed E-state index contributed by atoms with van der Waals surface area (Å²) >= 11 is 0. The molecule has 0 saturated heterocycles.